The fourth-order valence-corrected chi connectivity index (χ4v) is 2.42. The largest absolute Gasteiger partial charge is 0.465 e. The Morgan fingerprint density at radius 3 is 2.67 bits per heavy atom. The predicted molar refractivity (Wildman–Crippen MR) is 71.6 cm³/mol. The van der Waals surface area contributed by atoms with Crippen LogP contribution in [0.15, 0.2) is 24.3 Å². The van der Waals surface area contributed by atoms with E-state index in [0.717, 1.165) is 18.0 Å². The molecule has 4 heteroatoms. The molecule has 2 rings (SSSR count). The first-order valence-corrected chi connectivity index (χ1v) is 6.69. The van der Waals surface area contributed by atoms with E-state index >= 15 is 0 Å². The van der Waals surface area contributed by atoms with Gasteiger partial charge in [0, 0.05) is 17.6 Å². The second-order valence-corrected chi connectivity index (χ2v) is 4.96. The number of ether oxygens (including phenoxy) is 1. The second kappa shape index (κ2) is 5.72. The van der Waals surface area contributed by atoms with Gasteiger partial charge in [0.15, 0.2) is 0 Å². The first-order chi connectivity index (χ1) is 8.63. The summed E-state index contributed by atoms with van der Waals surface area (Å²) in [7, 11) is 0. The molecule has 1 aliphatic rings. The first-order valence-electron chi connectivity index (χ1n) is 6.31. The summed E-state index contributed by atoms with van der Waals surface area (Å²) in [6.07, 6.45) is 0.886. The van der Waals surface area contributed by atoms with E-state index in [2.05, 4.69) is 11.8 Å². The van der Waals surface area contributed by atoms with Gasteiger partial charge < -0.3 is 4.74 Å². The van der Waals surface area contributed by atoms with Gasteiger partial charge in [-0.15, -0.1) is 0 Å². The van der Waals surface area contributed by atoms with Gasteiger partial charge in [-0.2, -0.15) is 0 Å². The maximum absolute atomic E-state index is 11.7. The molecule has 1 aromatic rings. The third-order valence-corrected chi connectivity index (χ3v) is 3.72. The molecular formula is C14H18ClNO2. The van der Waals surface area contributed by atoms with E-state index in [1.165, 1.54) is 5.56 Å². The van der Waals surface area contributed by atoms with Crippen molar-refractivity contribution in [2.24, 2.45) is 0 Å². The Kier molecular flexibility index (Phi) is 4.25. The average Bonchev–Trinajstić information content (AvgIpc) is 2.28. The Balaban J connectivity index is 2.03. The SMILES string of the molecule is CCOC(=O)C1CCN1C(C)c1ccc(Cl)cc1. The number of carbonyl (C=O) groups excluding carboxylic acids is 1. The summed E-state index contributed by atoms with van der Waals surface area (Å²) in [6.45, 7) is 5.32. The van der Waals surface area contributed by atoms with Crippen LogP contribution in [-0.2, 0) is 9.53 Å². The molecule has 1 fully saturated rings. The molecule has 0 aromatic heterocycles. The molecule has 0 saturated carbocycles. The van der Waals surface area contributed by atoms with E-state index in [1.54, 1.807) is 0 Å². The Morgan fingerprint density at radius 1 is 1.50 bits per heavy atom. The molecule has 0 spiro atoms. The number of nitrogens with zero attached hydrogens (tertiary/aromatic N) is 1. The normalized spacial score (nSPS) is 21.2. The summed E-state index contributed by atoms with van der Waals surface area (Å²) in [5, 5.41) is 0.733. The lowest BCUT2D eigenvalue weighted by Gasteiger charge is -2.43. The van der Waals surface area contributed by atoms with Gasteiger partial charge in [0.1, 0.15) is 6.04 Å². The minimum Gasteiger partial charge on any atom is -0.465 e. The van der Waals surface area contributed by atoms with Crippen molar-refractivity contribution < 1.29 is 9.53 Å². The van der Waals surface area contributed by atoms with Crippen LogP contribution >= 0.6 is 11.6 Å². The summed E-state index contributed by atoms with van der Waals surface area (Å²) < 4.78 is 5.08. The Bertz CT molecular complexity index is 418. The Labute approximate surface area is 113 Å². The topological polar surface area (TPSA) is 29.5 Å². The van der Waals surface area contributed by atoms with Crippen LogP contribution in [-0.4, -0.2) is 30.1 Å². The monoisotopic (exact) mass is 267 g/mol. The van der Waals surface area contributed by atoms with Crippen LogP contribution < -0.4 is 0 Å². The van der Waals surface area contributed by atoms with Gasteiger partial charge in [-0.1, -0.05) is 23.7 Å². The highest BCUT2D eigenvalue weighted by atomic mass is 35.5. The Hall–Kier alpha value is -1.06. The van der Waals surface area contributed by atoms with Crippen molar-refractivity contribution in [2.45, 2.75) is 32.4 Å². The molecule has 0 N–H and O–H groups in total. The maximum atomic E-state index is 11.7. The summed E-state index contributed by atoms with van der Waals surface area (Å²) in [5.41, 5.74) is 1.17. The molecule has 0 bridgehead atoms. The highest BCUT2D eigenvalue weighted by molar-refractivity contribution is 6.30. The summed E-state index contributed by atoms with van der Waals surface area (Å²) in [6, 6.07) is 7.90. The van der Waals surface area contributed by atoms with Crippen molar-refractivity contribution in [3.8, 4) is 0 Å². The van der Waals surface area contributed by atoms with Gasteiger partial charge in [0.25, 0.3) is 0 Å². The van der Waals surface area contributed by atoms with Crippen LogP contribution in [0.4, 0.5) is 0 Å². The van der Waals surface area contributed by atoms with Crippen molar-refractivity contribution in [3.05, 3.63) is 34.9 Å². The molecule has 2 atom stereocenters. The second-order valence-electron chi connectivity index (χ2n) is 4.52. The number of carbonyl (C=O) groups is 1. The number of hydrogen-bond acceptors (Lipinski definition) is 3. The first kappa shape index (κ1) is 13.4. The van der Waals surface area contributed by atoms with Crippen LogP contribution in [0.2, 0.25) is 5.02 Å². The molecule has 1 heterocycles. The predicted octanol–water partition coefficient (Wildman–Crippen LogP) is 3.04. The summed E-state index contributed by atoms with van der Waals surface area (Å²) >= 11 is 5.88. The third kappa shape index (κ3) is 2.68. The molecule has 18 heavy (non-hydrogen) atoms. The molecule has 98 valence electrons. The fraction of sp³-hybridized carbons (Fsp3) is 0.500. The highest BCUT2D eigenvalue weighted by Crippen LogP contribution is 2.31. The van der Waals surface area contributed by atoms with E-state index in [-0.39, 0.29) is 18.1 Å². The van der Waals surface area contributed by atoms with E-state index in [4.69, 9.17) is 16.3 Å². The minimum atomic E-state index is -0.107. The minimum absolute atomic E-state index is 0.0874. The zero-order valence-corrected chi connectivity index (χ0v) is 11.5. The van der Waals surface area contributed by atoms with Crippen LogP contribution in [0, 0.1) is 0 Å². The summed E-state index contributed by atoms with van der Waals surface area (Å²) in [5.74, 6) is -0.107. The lowest BCUT2D eigenvalue weighted by Crippen LogP contribution is -2.53. The molecule has 1 aromatic carbocycles. The van der Waals surface area contributed by atoms with Crippen molar-refractivity contribution in [1.29, 1.82) is 0 Å². The molecular weight excluding hydrogens is 250 g/mol. The summed E-state index contributed by atoms with van der Waals surface area (Å²) in [4.78, 5) is 13.9. The van der Waals surface area contributed by atoms with Gasteiger partial charge in [0.05, 0.1) is 6.61 Å². The van der Waals surface area contributed by atoms with Crippen molar-refractivity contribution in [1.82, 2.24) is 4.90 Å². The van der Waals surface area contributed by atoms with Gasteiger partial charge in [-0.25, -0.2) is 0 Å². The number of likely N-dealkylation sites (tertiary alicyclic amines) is 1. The average molecular weight is 268 g/mol. The lowest BCUT2D eigenvalue weighted by molar-refractivity contribution is -0.156. The zero-order valence-electron chi connectivity index (χ0n) is 10.7. The van der Waals surface area contributed by atoms with E-state index < -0.39 is 0 Å². The quantitative estimate of drug-likeness (QED) is 0.786. The molecule has 2 unspecified atom stereocenters. The third-order valence-electron chi connectivity index (χ3n) is 3.47. The number of esters is 1. The van der Waals surface area contributed by atoms with Crippen molar-refractivity contribution in [2.75, 3.05) is 13.2 Å². The van der Waals surface area contributed by atoms with Crippen molar-refractivity contribution in [3.63, 3.8) is 0 Å². The van der Waals surface area contributed by atoms with Gasteiger partial charge in [-0.3, -0.25) is 9.69 Å². The molecule has 1 saturated heterocycles. The van der Waals surface area contributed by atoms with Gasteiger partial charge in [-0.05, 0) is 38.0 Å². The number of benzene rings is 1. The van der Waals surface area contributed by atoms with E-state index in [0.29, 0.717) is 6.61 Å². The van der Waals surface area contributed by atoms with Crippen LogP contribution in [0.3, 0.4) is 0 Å². The molecule has 0 aliphatic carbocycles. The van der Waals surface area contributed by atoms with E-state index in [1.807, 2.05) is 31.2 Å². The molecule has 3 nitrogen and oxygen atoms in total. The van der Waals surface area contributed by atoms with Gasteiger partial charge in [0.2, 0.25) is 0 Å². The number of hydrogen-bond donors (Lipinski definition) is 0. The van der Waals surface area contributed by atoms with E-state index in [9.17, 15) is 4.79 Å². The molecule has 0 amide bonds. The van der Waals surface area contributed by atoms with Crippen LogP contribution in [0.5, 0.6) is 0 Å². The lowest BCUT2D eigenvalue weighted by atomic mass is 9.96. The maximum Gasteiger partial charge on any atom is 0.323 e. The smallest absolute Gasteiger partial charge is 0.323 e. The standard InChI is InChI=1S/C14H18ClNO2/c1-3-18-14(17)13-8-9-16(13)10(2)11-4-6-12(15)7-5-11/h4-7,10,13H,3,8-9H2,1-2H3. The fourth-order valence-electron chi connectivity index (χ4n) is 2.30. The number of rotatable bonds is 4. The van der Waals surface area contributed by atoms with Crippen LogP contribution in [0.25, 0.3) is 0 Å². The zero-order chi connectivity index (χ0) is 13.1. The molecule has 0 radical (unpaired) electrons. The van der Waals surface area contributed by atoms with Crippen LogP contribution in [0.1, 0.15) is 31.9 Å². The Morgan fingerprint density at radius 2 is 2.17 bits per heavy atom. The highest BCUT2D eigenvalue weighted by Gasteiger charge is 2.38. The van der Waals surface area contributed by atoms with Crippen molar-refractivity contribution >= 4 is 17.6 Å². The number of halogens is 1. The van der Waals surface area contributed by atoms with Gasteiger partial charge >= 0.3 is 5.97 Å². The molecule has 1 aliphatic heterocycles.